The van der Waals surface area contributed by atoms with Crippen molar-refractivity contribution in [1.82, 2.24) is 0 Å². The van der Waals surface area contributed by atoms with E-state index in [0.29, 0.717) is 30.5 Å². The Morgan fingerprint density at radius 2 is 1.65 bits per heavy atom. The van der Waals surface area contributed by atoms with Gasteiger partial charge in [-0.2, -0.15) is 0 Å². The average molecular weight is 276 g/mol. The van der Waals surface area contributed by atoms with Crippen LogP contribution in [0.15, 0.2) is 0 Å². The SMILES string of the molecule is CC(=O)[C@@]1(C)C(=O)CC[C@@H]2[C@@H]1CC[C@]1(C)C(=O)CC[C@@H]21. The molecule has 3 saturated carbocycles. The molecule has 3 aliphatic carbocycles. The van der Waals surface area contributed by atoms with Gasteiger partial charge >= 0.3 is 0 Å². The van der Waals surface area contributed by atoms with Gasteiger partial charge in [-0.05, 0) is 57.3 Å². The van der Waals surface area contributed by atoms with Gasteiger partial charge in [-0.25, -0.2) is 0 Å². The molecule has 3 fully saturated rings. The monoisotopic (exact) mass is 276 g/mol. The molecule has 0 saturated heterocycles. The lowest BCUT2D eigenvalue weighted by molar-refractivity contribution is -0.155. The van der Waals surface area contributed by atoms with E-state index in [1.807, 2.05) is 6.92 Å². The fraction of sp³-hybridized carbons (Fsp3) is 0.824. The van der Waals surface area contributed by atoms with E-state index in [4.69, 9.17) is 0 Å². The van der Waals surface area contributed by atoms with Crippen LogP contribution in [-0.2, 0) is 14.4 Å². The molecule has 0 unspecified atom stereocenters. The Bertz CT molecular complexity index is 494. The third-order valence-corrected chi connectivity index (χ3v) is 6.90. The summed E-state index contributed by atoms with van der Waals surface area (Å²) in [5.41, 5.74) is -0.977. The second kappa shape index (κ2) is 4.25. The minimum absolute atomic E-state index is 0.0186. The Balaban J connectivity index is 1.99. The van der Waals surface area contributed by atoms with E-state index in [-0.39, 0.29) is 22.9 Å². The lowest BCUT2D eigenvalue weighted by atomic mass is 9.49. The summed E-state index contributed by atoms with van der Waals surface area (Å²) in [6, 6.07) is 0. The van der Waals surface area contributed by atoms with Crippen LogP contribution >= 0.6 is 0 Å². The highest BCUT2D eigenvalue weighted by atomic mass is 16.2. The molecule has 0 heterocycles. The van der Waals surface area contributed by atoms with Crippen LogP contribution in [0.1, 0.15) is 59.3 Å². The van der Waals surface area contributed by atoms with E-state index < -0.39 is 5.41 Å². The van der Waals surface area contributed by atoms with Gasteiger partial charge in [0.25, 0.3) is 0 Å². The summed E-state index contributed by atoms with van der Waals surface area (Å²) in [4.78, 5) is 36.7. The predicted octanol–water partition coefficient (Wildman–Crippen LogP) is 2.96. The normalized spacial score (nSPS) is 47.9. The summed E-state index contributed by atoms with van der Waals surface area (Å²) in [6.07, 6.45) is 4.74. The maximum absolute atomic E-state index is 12.4. The molecule has 110 valence electrons. The first-order valence-electron chi connectivity index (χ1n) is 7.89. The zero-order valence-corrected chi connectivity index (χ0v) is 12.7. The molecule has 0 aromatic heterocycles. The van der Waals surface area contributed by atoms with E-state index in [2.05, 4.69) is 6.92 Å². The molecule has 0 aromatic carbocycles. The summed E-state index contributed by atoms with van der Waals surface area (Å²) in [5.74, 6) is 1.48. The third-order valence-electron chi connectivity index (χ3n) is 6.90. The maximum Gasteiger partial charge on any atom is 0.146 e. The maximum atomic E-state index is 12.4. The van der Waals surface area contributed by atoms with Crippen LogP contribution in [0, 0.1) is 28.6 Å². The van der Waals surface area contributed by atoms with E-state index in [0.717, 1.165) is 25.7 Å². The molecule has 3 nitrogen and oxygen atoms in total. The topological polar surface area (TPSA) is 51.2 Å². The zero-order valence-electron chi connectivity index (χ0n) is 12.7. The molecule has 0 bridgehead atoms. The van der Waals surface area contributed by atoms with Crippen molar-refractivity contribution < 1.29 is 14.4 Å². The van der Waals surface area contributed by atoms with E-state index in [9.17, 15) is 14.4 Å². The van der Waals surface area contributed by atoms with Crippen LogP contribution in [-0.4, -0.2) is 17.3 Å². The van der Waals surface area contributed by atoms with Crippen LogP contribution < -0.4 is 0 Å². The molecule has 3 aliphatic rings. The molecule has 0 amide bonds. The van der Waals surface area contributed by atoms with Crippen molar-refractivity contribution >= 4 is 17.3 Å². The lowest BCUT2D eigenvalue weighted by Gasteiger charge is -2.53. The van der Waals surface area contributed by atoms with E-state index in [1.54, 1.807) is 6.92 Å². The number of Topliss-reactive ketones (excluding diaryl/α,β-unsaturated/α-hetero) is 3. The highest BCUT2D eigenvalue weighted by Crippen LogP contribution is 2.60. The number of hydrogen-bond donors (Lipinski definition) is 0. The second-order valence-corrected chi connectivity index (χ2v) is 7.52. The number of rotatable bonds is 1. The number of carbonyl (C=O) groups excluding carboxylic acids is 3. The van der Waals surface area contributed by atoms with Gasteiger partial charge in [0, 0.05) is 18.3 Å². The molecule has 5 atom stereocenters. The number of ketones is 3. The summed E-state index contributed by atoms with van der Waals surface area (Å²) < 4.78 is 0. The summed E-state index contributed by atoms with van der Waals surface area (Å²) in [7, 11) is 0. The Morgan fingerprint density at radius 3 is 2.30 bits per heavy atom. The van der Waals surface area contributed by atoms with Gasteiger partial charge in [0.1, 0.15) is 17.3 Å². The molecule has 20 heavy (non-hydrogen) atoms. The first-order chi connectivity index (χ1) is 9.31. The molecule has 0 radical (unpaired) electrons. The molecule has 3 heteroatoms. The molecule has 0 spiro atoms. The van der Waals surface area contributed by atoms with Crippen LogP contribution in [0.4, 0.5) is 0 Å². The highest BCUT2D eigenvalue weighted by molar-refractivity contribution is 6.06. The van der Waals surface area contributed by atoms with Gasteiger partial charge < -0.3 is 0 Å². The number of fused-ring (bicyclic) bond motifs is 3. The second-order valence-electron chi connectivity index (χ2n) is 7.52. The predicted molar refractivity (Wildman–Crippen MR) is 75.1 cm³/mol. The summed E-state index contributed by atoms with van der Waals surface area (Å²) >= 11 is 0. The molecule has 0 N–H and O–H groups in total. The first-order valence-corrected chi connectivity index (χ1v) is 7.89. The smallest absolute Gasteiger partial charge is 0.146 e. The van der Waals surface area contributed by atoms with Crippen molar-refractivity contribution in [3.63, 3.8) is 0 Å². The standard InChI is InChI=1S/C17H24O3/c1-10(18)17(3)13-8-9-16(2)12(5-7-14(16)19)11(13)4-6-15(17)20/h11-13H,4-9H2,1-3H3/t11-,12-,13-,16-,17+/m0/s1. The van der Waals surface area contributed by atoms with Crippen LogP contribution in [0.5, 0.6) is 0 Å². The van der Waals surface area contributed by atoms with Crippen molar-refractivity contribution in [2.75, 3.05) is 0 Å². The largest absolute Gasteiger partial charge is 0.299 e. The number of hydrogen-bond acceptors (Lipinski definition) is 3. The quantitative estimate of drug-likeness (QED) is 0.692. The first kappa shape index (κ1) is 14.0. The lowest BCUT2D eigenvalue weighted by Crippen LogP contribution is -2.54. The van der Waals surface area contributed by atoms with Crippen LogP contribution in [0.25, 0.3) is 0 Å². The number of carbonyl (C=O) groups is 3. The molecular formula is C17H24O3. The van der Waals surface area contributed by atoms with Gasteiger partial charge in [-0.1, -0.05) is 6.92 Å². The van der Waals surface area contributed by atoms with Gasteiger partial charge in [0.05, 0.1) is 5.41 Å². The average Bonchev–Trinajstić information content (AvgIpc) is 2.70. The molecular weight excluding hydrogens is 252 g/mol. The van der Waals surface area contributed by atoms with Gasteiger partial charge in [-0.3, -0.25) is 14.4 Å². The Hall–Kier alpha value is -0.990. The van der Waals surface area contributed by atoms with E-state index in [1.165, 1.54) is 0 Å². The van der Waals surface area contributed by atoms with Crippen LogP contribution in [0.2, 0.25) is 0 Å². The summed E-state index contributed by atoms with van der Waals surface area (Å²) in [5, 5.41) is 0. The van der Waals surface area contributed by atoms with Crippen molar-refractivity contribution in [3.8, 4) is 0 Å². The zero-order chi connectivity index (χ0) is 14.7. The van der Waals surface area contributed by atoms with Crippen molar-refractivity contribution in [2.24, 2.45) is 28.6 Å². The van der Waals surface area contributed by atoms with Crippen molar-refractivity contribution in [3.05, 3.63) is 0 Å². The van der Waals surface area contributed by atoms with Gasteiger partial charge in [-0.15, -0.1) is 0 Å². The van der Waals surface area contributed by atoms with Crippen LogP contribution in [0.3, 0.4) is 0 Å². The minimum atomic E-state index is -0.796. The third kappa shape index (κ3) is 1.55. The van der Waals surface area contributed by atoms with E-state index >= 15 is 0 Å². The molecule has 0 aromatic rings. The Morgan fingerprint density at radius 1 is 1.00 bits per heavy atom. The fourth-order valence-electron chi connectivity index (χ4n) is 5.40. The van der Waals surface area contributed by atoms with Gasteiger partial charge in [0.15, 0.2) is 0 Å². The Kier molecular flexibility index (Phi) is 2.97. The van der Waals surface area contributed by atoms with Gasteiger partial charge in [0.2, 0.25) is 0 Å². The minimum Gasteiger partial charge on any atom is -0.299 e. The molecule has 0 aliphatic heterocycles. The summed E-state index contributed by atoms with van der Waals surface area (Å²) in [6.45, 7) is 5.53. The Labute approximate surface area is 120 Å². The fourth-order valence-corrected chi connectivity index (χ4v) is 5.40. The van der Waals surface area contributed by atoms with Crippen molar-refractivity contribution in [1.29, 1.82) is 0 Å². The highest BCUT2D eigenvalue weighted by Gasteiger charge is 2.60. The van der Waals surface area contributed by atoms with Crippen molar-refractivity contribution in [2.45, 2.75) is 59.3 Å². The molecule has 3 rings (SSSR count).